The summed E-state index contributed by atoms with van der Waals surface area (Å²) in [4.78, 5) is 18.3. The maximum absolute atomic E-state index is 12.5. The van der Waals surface area contributed by atoms with E-state index in [-0.39, 0.29) is 12.3 Å². The number of amides is 1. The van der Waals surface area contributed by atoms with Crippen molar-refractivity contribution in [1.82, 2.24) is 4.98 Å². The third kappa shape index (κ3) is 3.20. The van der Waals surface area contributed by atoms with Crippen LogP contribution in [0.4, 0.5) is 5.69 Å². The second-order valence-electron chi connectivity index (χ2n) is 4.03. The Hall–Kier alpha value is -2.23. The van der Waals surface area contributed by atoms with Gasteiger partial charge in [0.1, 0.15) is 10.7 Å². The molecule has 0 fully saturated rings. The van der Waals surface area contributed by atoms with Crippen LogP contribution in [0.15, 0.2) is 35.7 Å². The summed E-state index contributed by atoms with van der Waals surface area (Å²) in [6.45, 7) is 0.663. The van der Waals surface area contributed by atoms with E-state index in [4.69, 9.17) is 11.0 Å². The average molecular weight is 286 g/mol. The molecule has 0 aliphatic carbocycles. The van der Waals surface area contributed by atoms with Crippen LogP contribution in [0.5, 0.6) is 0 Å². The van der Waals surface area contributed by atoms with Gasteiger partial charge < -0.3 is 10.6 Å². The largest absolute Gasteiger partial charge is 0.325 e. The molecule has 20 heavy (non-hydrogen) atoms. The van der Waals surface area contributed by atoms with Crippen LogP contribution in [0.25, 0.3) is 0 Å². The van der Waals surface area contributed by atoms with Gasteiger partial charge in [-0.1, -0.05) is 18.2 Å². The highest BCUT2D eigenvalue weighted by Gasteiger charge is 2.19. The summed E-state index contributed by atoms with van der Waals surface area (Å²) in [5.41, 5.74) is 6.64. The molecule has 2 N–H and O–H groups in total. The van der Waals surface area contributed by atoms with Crippen LogP contribution in [-0.2, 0) is 6.54 Å². The molecule has 0 saturated heterocycles. The van der Waals surface area contributed by atoms with Crippen molar-refractivity contribution in [1.29, 1.82) is 5.26 Å². The zero-order chi connectivity index (χ0) is 14.4. The standard InChI is InChI=1S/C14H14N4OS/c15-7-4-8-18(11-5-2-1-3-6-11)14(19)12-10-20-13(9-16)17-12/h1-3,5-6,10H,4,8-9,16H2. The summed E-state index contributed by atoms with van der Waals surface area (Å²) in [5, 5.41) is 11.2. The van der Waals surface area contributed by atoms with Gasteiger partial charge in [-0.2, -0.15) is 5.26 Å². The van der Waals surface area contributed by atoms with Crippen molar-refractivity contribution in [2.24, 2.45) is 5.73 Å². The van der Waals surface area contributed by atoms with Crippen molar-refractivity contribution in [3.63, 3.8) is 0 Å². The molecule has 0 bridgehead atoms. The molecule has 0 unspecified atom stereocenters. The molecule has 2 rings (SSSR count). The van der Waals surface area contributed by atoms with Crippen LogP contribution in [0.1, 0.15) is 21.9 Å². The number of rotatable bonds is 5. The fourth-order valence-corrected chi connectivity index (χ4v) is 2.41. The first-order valence-electron chi connectivity index (χ1n) is 6.14. The fraction of sp³-hybridized carbons (Fsp3) is 0.214. The Kier molecular flexibility index (Phi) is 4.82. The smallest absolute Gasteiger partial charge is 0.277 e. The van der Waals surface area contributed by atoms with E-state index in [0.717, 1.165) is 10.7 Å². The topological polar surface area (TPSA) is 83.0 Å². The second kappa shape index (κ2) is 6.80. The van der Waals surface area contributed by atoms with Gasteiger partial charge in [-0.05, 0) is 12.1 Å². The summed E-state index contributed by atoms with van der Waals surface area (Å²) in [7, 11) is 0. The van der Waals surface area contributed by atoms with E-state index in [2.05, 4.69) is 11.1 Å². The SMILES string of the molecule is N#CCCN(C(=O)c1csc(CN)n1)c1ccccc1. The Balaban J connectivity index is 2.26. The zero-order valence-corrected chi connectivity index (χ0v) is 11.6. The summed E-state index contributed by atoms with van der Waals surface area (Å²) in [5.74, 6) is -0.206. The summed E-state index contributed by atoms with van der Waals surface area (Å²) in [6, 6.07) is 11.3. The van der Waals surface area contributed by atoms with Crippen LogP contribution in [-0.4, -0.2) is 17.4 Å². The number of hydrogen-bond donors (Lipinski definition) is 1. The minimum Gasteiger partial charge on any atom is -0.325 e. The number of benzene rings is 1. The minimum absolute atomic E-state index is 0.206. The first-order valence-corrected chi connectivity index (χ1v) is 7.02. The number of para-hydroxylation sites is 1. The Morgan fingerprint density at radius 3 is 2.75 bits per heavy atom. The molecule has 0 aliphatic rings. The first kappa shape index (κ1) is 14.2. The number of nitrogens with zero attached hydrogens (tertiary/aromatic N) is 3. The van der Waals surface area contributed by atoms with Crippen molar-refractivity contribution in [2.75, 3.05) is 11.4 Å². The predicted octanol–water partition coefficient (Wildman–Crippen LogP) is 2.16. The molecule has 1 heterocycles. The molecule has 6 heteroatoms. The zero-order valence-electron chi connectivity index (χ0n) is 10.8. The first-order chi connectivity index (χ1) is 9.76. The fourth-order valence-electron chi connectivity index (χ4n) is 1.76. The normalized spacial score (nSPS) is 10.0. The minimum atomic E-state index is -0.206. The van der Waals surface area contributed by atoms with Crippen LogP contribution in [0.2, 0.25) is 0 Å². The van der Waals surface area contributed by atoms with Crippen LogP contribution >= 0.6 is 11.3 Å². The van der Waals surface area contributed by atoms with E-state index >= 15 is 0 Å². The molecule has 0 spiro atoms. The molecule has 0 radical (unpaired) electrons. The highest BCUT2D eigenvalue weighted by molar-refractivity contribution is 7.09. The number of nitriles is 1. The molecule has 1 amide bonds. The lowest BCUT2D eigenvalue weighted by molar-refractivity contribution is 0.0983. The molecule has 1 aromatic heterocycles. The Morgan fingerprint density at radius 1 is 1.40 bits per heavy atom. The van der Waals surface area contributed by atoms with Crippen LogP contribution in [0.3, 0.4) is 0 Å². The van der Waals surface area contributed by atoms with Gasteiger partial charge in [-0.25, -0.2) is 4.98 Å². The quantitative estimate of drug-likeness (QED) is 0.913. The van der Waals surface area contributed by atoms with Crippen LogP contribution < -0.4 is 10.6 Å². The maximum Gasteiger partial charge on any atom is 0.277 e. The van der Waals surface area contributed by atoms with Crippen molar-refractivity contribution < 1.29 is 4.79 Å². The summed E-state index contributed by atoms with van der Waals surface area (Å²) >= 11 is 1.37. The Bertz CT molecular complexity index is 618. The van der Waals surface area contributed by atoms with E-state index < -0.39 is 0 Å². The highest BCUT2D eigenvalue weighted by atomic mass is 32.1. The van der Waals surface area contributed by atoms with Gasteiger partial charge in [0.05, 0.1) is 12.5 Å². The lowest BCUT2D eigenvalue weighted by atomic mass is 10.2. The number of anilines is 1. The molecule has 5 nitrogen and oxygen atoms in total. The van der Waals surface area contributed by atoms with Gasteiger partial charge in [0, 0.05) is 24.2 Å². The van der Waals surface area contributed by atoms with E-state index in [1.54, 1.807) is 10.3 Å². The Morgan fingerprint density at radius 2 is 2.15 bits per heavy atom. The van der Waals surface area contributed by atoms with Gasteiger partial charge >= 0.3 is 0 Å². The average Bonchev–Trinajstić information content (AvgIpc) is 2.97. The van der Waals surface area contributed by atoms with Crippen molar-refractivity contribution in [2.45, 2.75) is 13.0 Å². The van der Waals surface area contributed by atoms with Crippen LogP contribution in [0, 0.1) is 11.3 Å². The number of carbonyl (C=O) groups is 1. The van der Waals surface area contributed by atoms with E-state index in [9.17, 15) is 4.79 Å². The summed E-state index contributed by atoms with van der Waals surface area (Å²) < 4.78 is 0. The van der Waals surface area contributed by atoms with Crippen molar-refractivity contribution >= 4 is 22.9 Å². The summed E-state index contributed by atoms with van der Waals surface area (Å²) in [6.07, 6.45) is 0.272. The molecule has 0 saturated carbocycles. The lowest BCUT2D eigenvalue weighted by Gasteiger charge is -2.20. The van der Waals surface area contributed by atoms with Crippen molar-refractivity contribution in [3.8, 4) is 6.07 Å². The van der Waals surface area contributed by atoms with Gasteiger partial charge in [-0.3, -0.25) is 4.79 Å². The third-order valence-corrected chi connectivity index (χ3v) is 3.58. The van der Waals surface area contributed by atoms with E-state index in [0.29, 0.717) is 18.8 Å². The number of hydrogen-bond acceptors (Lipinski definition) is 5. The van der Waals surface area contributed by atoms with Gasteiger partial charge in [0.25, 0.3) is 5.91 Å². The monoisotopic (exact) mass is 286 g/mol. The number of carbonyl (C=O) groups excluding carboxylic acids is 1. The molecule has 102 valence electrons. The molecule has 0 aliphatic heterocycles. The lowest BCUT2D eigenvalue weighted by Crippen LogP contribution is -2.32. The number of aromatic nitrogens is 1. The number of nitrogens with two attached hydrogens (primary N) is 1. The molecular weight excluding hydrogens is 272 g/mol. The molecular formula is C14H14N4OS. The third-order valence-electron chi connectivity index (χ3n) is 2.71. The molecule has 1 aromatic carbocycles. The predicted molar refractivity (Wildman–Crippen MR) is 78.4 cm³/mol. The molecule has 0 atom stereocenters. The van der Waals surface area contributed by atoms with E-state index in [1.165, 1.54) is 11.3 Å². The van der Waals surface area contributed by atoms with E-state index in [1.807, 2.05) is 30.3 Å². The van der Waals surface area contributed by atoms with Gasteiger partial charge in [-0.15, -0.1) is 11.3 Å². The Labute approximate surface area is 121 Å². The highest BCUT2D eigenvalue weighted by Crippen LogP contribution is 2.18. The molecule has 2 aromatic rings. The van der Waals surface area contributed by atoms with Gasteiger partial charge in [0.2, 0.25) is 0 Å². The van der Waals surface area contributed by atoms with Crippen molar-refractivity contribution in [3.05, 3.63) is 46.4 Å². The van der Waals surface area contributed by atoms with Gasteiger partial charge in [0.15, 0.2) is 0 Å². The number of thiazole rings is 1. The maximum atomic E-state index is 12.5. The second-order valence-corrected chi connectivity index (χ2v) is 4.97.